The molecule has 146 valence electrons. The van der Waals surface area contributed by atoms with Gasteiger partial charge in [0.05, 0.1) is 6.61 Å². The van der Waals surface area contributed by atoms with Crippen LogP contribution >= 0.6 is 7.82 Å². The van der Waals surface area contributed by atoms with Crippen LogP contribution in [-0.4, -0.2) is 13.2 Å². The number of benzene rings is 3. The minimum atomic E-state index is -3.92. The van der Waals surface area contributed by atoms with Crippen molar-refractivity contribution in [2.24, 2.45) is 0 Å². The summed E-state index contributed by atoms with van der Waals surface area (Å²) in [5, 5.41) is 0. The predicted molar refractivity (Wildman–Crippen MR) is 109 cm³/mol. The molecule has 0 saturated carbocycles. The highest BCUT2D eigenvalue weighted by Gasteiger charge is 2.32. The first kappa shape index (κ1) is 20.0. The first-order chi connectivity index (χ1) is 13.6. The number of hydrogen-bond donors (Lipinski definition) is 0. The van der Waals surface area contributed by atoms with Crippen LogP contribution in [0.5, 0.6) is 17.2 Å². The fourth-order valence-electron chi connectivity index (χ4n) is 2.46. The Bertz CT molecular complexity index is 891. The van der Waals surface area contributed by atoms with Crippen molar-refractivity contribution in [3.05, 3.63) is 90.0 Å². The minimum Gasteiger partial charge on any atom is -0.491 e. The summed E-state index contributed by atoms with van der Waals surface area (Å²) in [6, 6.07) is 23.9. The summed E-state index contributed by atoms with van der Waals surface area (Å²) in [5.74, 6) is 1.60. The quantitative estimate of drug-likeness (QED) is 0.329. The van der Waals surface area contributed by atoms with E-state index in [-0.39, 0.29) is 13.2 Å². The molecule has 0 aliphatic carbocycles. The van der Waals surface area contributed by atoms with Crippen molar-refractivity contribution < 1.29 is 22.9 Å². The summed E-state index contributed by atoms with van der Waals surface area (Å²) in [7, 11) is -3.92. The van der Waals surface area contributed by atoms with Crippen molar-refractivity contribution >= 4 is 7.82 Å². The Balaban J connectivity index is 1.71. The third-order valence-electron chi connectivity index (χ3n) is 3.95. The topological polar surface area (TPSA) is 54.0 Å². The molecule has 0 aromatic heterocycles. The Morgan fingerprint density at radius 1 is 0.679 bits per heavy atom. The maximum atomic E-state index is 13.3. The molecule has 3 rings (SSSR count). The molecular formula is C22H23O5P. The maximum Gasteiger partial charge on any atom is 0.587 e. The highest BCUT2D eigenvalue weighted by atomic mass is 31.2. The standard InChI is InChI=1S/C22H23O5P/c1-18-10-6-8-14-21(18)26-28(23,27-22-15-9-7-11-19(22)2)25-17-16-24-20-12-4-3-5-13-20/h3-15H,16-17H2,1-2H3. The molecule has 6 heteroatoms. The summed E-state index contributed by atoms with van der Waals surface area (Å²) in [5.41, 5.74) is 1.67. The first-order valence-corrected chi connectivity index (χ1v) is 10.4. The van der Waals surface area contributed by atoms with Crippen molar-refractivity contribution in [1.29, 1.82) is 0 Å². The van der Waals surface area contributed by atoms with E-state index in [2.05, 4.69) is 0 Å². The fourth-order valence-corrected chi connectivity index (χ4v) is 3.79. The molecule has 0 fully saturated rings. The van der Waals surface area contributed by atoms with Crippen LogP contribution in [0.1, 0.15) is 11.1 Å². The average Bonchev–Trinajstić information content (AvgIpc) is 2.70. The molecular weight excluding hydrogens is 375 g/mol. The van der Waals surface area contributed by atoms with Crippen molar-refractivity contribution in [2.75, 3.05) is 13.2 Å². The molecule has 0 atom stereocenters. The van der Waals surface area contributed by atoms with Gasteiger partial charge in [0, 0.05) is 0 Å². The third kappa shape index (κ3) is 5.62. The van der Waals surface area contributed by atoms with Gasteiger partial charge in [-0.3, -0.25) is 4.52 Å². The molecule has 3 aromatic rings. The van der Waals surface area contributed by atoms with E-state index in [1.807, 2.05) is 68.4 Å². The molecule has 0 aliphatic rings. The molecule has 0 aliphatic heterocycles. The van der Waals surface area contributed by atoms with Crippen molar-refractivity contribution in [1.82, 2.24) is 0 Å². The minimum absolute atomic E-state index is 0.0456. The maximum absolute atomic E-state index is 13.3. The number of aryl methyl sites for hydroxylation is 2. The molecule has 0 heterocycles. The highest BCUT2D eigenvalue weighted by Crippen LogP contribution is 2.50. The van der Waals surface area contributed by atoms with E-state index in [1.165, 1.54) is 0 Å². The number of para-hydroxylation sites is 3. The zero-order valence-electron chi connectivity index (χ0n) is 15.9. The van der Waals surface area contributed by atoms with E-state index in [0.717, 1.165) is 11.1 Å². The van der Waals surface area contributed by atoms with Crippen molar-refractivity contribution in [3.8, 4) is 17.2 Å². The zero-order valence-corrected chi connectivity index (χ0v) is 16.8. The van der Waals surface area contributed by atoms with E-state index < -0.39 is 7.82 Å². The van der Waals surface area contributed by atoms with E-state index in [9.17, 15) is 4.57 Å². The van der Waals surface area contributed by atoms with E-state index in [1.54, 1.807) is 24.3 Å². The molecule has 3 aromatic carbocycles. The lowest BCUT2D eigenvalue weighted by atomic mass is 10.2. The summed E-state index contributed by atoms with van der Waals surface area (Å²) in [6.45, 7) is 3.99. The number of phosphoric acid groups is 1. The smallest absolute Gasteiger partial charge is 0.491 e. The number of ether oxygens (including phenoxy) is 1. The van der Waals surface area contributed by atoms with Crippen LogP contribution in [0.3, 0.4) is 0 Å². The number of phosphoric ester groups is 1. The molecule has 0 spiro atoms. The fraction of sp³-hybridized carbons (Fsp3) is 0.182. The summed E-state index contributed by atoms with van der Waals surface area (Å²) in [6.07, 6.45) is 0. The van der Waals surface area contributed by atoms with Crippen molar-refractivity contribution in [2.45, 2.75) is 13.8 Å². The summed E-state index contributed by atoms with van der Waals surface area (Å²) >= 11 is 0. The van der Waals surface area contributed by atoms with Gasteiger partial charge in [-0.15, -0.1) is 0 Å². The van der Waals surface area contributed by atoms with Crippen LogP contribution in [0.4, 0.5) is 0 Å². The van der Waals surface area contributed by atoms with Gasteiger partial charge >= 0.3 is 7.82 Å². The van der Waals surface area contributed by atoms with Crippen LogP contribution in [0, 0.1) is 13.8 Å². The van der Waals surface area contributed by atoms with Gasteiger partial charge in [0.15, 0.2) is 0 Å². The van der Waals surface area contributed by atoms with Gasteiger partial charge in [0.2, 0.25) is 0 Å². The van der Waals surface area contributed by atoms with E-state index in [0.29, 0.717) is 17.2 Å². The molecule has 0 unspecified atom stereocenters. The Hall–Kier alpha value is -2.75. The van der Waals surface area contributed by atoms with Gasteiger partial charge < -0.3 is 13.8 Å². The van der Waals surface area contributed by atoms with Crippen LogP contribution in [0.2, 0.25) is 0 Å². The average molecular weight is 398 g/mol. The Morgan fingerprint density at radius 2 is 1.18 bits per heavy atom. The van der Waals surface area contributed by atoms with Crippen LogP contribution in [0.25, 0.3) is 0 Å². The second kappa shape index (κ2) is 9.45. The lowest BCUT2D eigenvalue weighted by molar-refractivity contribution is 0.168. The number of rotatable bonds is 9. The molecule has 0 bridgehead atoms. The monoisotopic (exact) mass is 398 g/mol. The van der Waals surface area contributed by atoms with Crippen LogP contribution in [0.15, 0.2) is 78.9 Å². The molecule has 0 N–H and O–H groups in total. The van der Waals surface area contributed by atoms with Gasteiger partial charge in [-0.2, -0.15) is 0 Å². The molecule has 5 nitrogen and oxygen atoms in total. The third-order valence-corrected chi connectivity index (χ3v) is 5.29. The number of hydrogen-bond acceptors (Lipinski definition) is 5. The summed E-state index contributed by atoms with van der Waals surface area (Å²) < 4.78 is 35.9. The van der Waals surface area contributed by atoms with Gasteiger partial charge in [0.1, 0.15) is 23.9 Å². The normalized spacial score (nSPS) is 11.1. The first-order valence-electron chi connectivity index (χ1n) is 8.99. The van der Waals surface area contributed by atoms with Crippen LogP contribution < -0.4 is 13.8 Å². The Kier molecular flexibility index (Phi) is 6.75. The van der Waals surface area contributed by atoms with E-state index in [4.69, 9.17) is 18.3 Å². The largest absolute Gasteiger partial charge is 0.587 e. The SMILES string of the molecule is Cc1ccccc1OP(=O)(OCCOc1ccccc1)Oc1ccccc1C. The molecule has 0 amide bonds. The van der Waals surface area contributed by atoms with Gasteiger partial charge in [-0.05, 0) is 49.2 Å². The Labute approximate surface area is 165 Å². The van der Waals surface area contributed by atoms with Gasteiger partial charge in [-0.1, -0.05) is 54.6 Å². The second-order valence-corrected chi connectivity index (χ2v) is 7.67. The van der Waals surface area contributed by atoms with E-state index >= 15 is 0 Å². The van der Waals surface area contributed by atoms with Gasteiger partial charge in [-0.25, -0.2) is 4.57 Å². The molecule has 28 heavy (non-hydrogen) atoms. The Morgan fingerprint density at radius 3 is 1.71 bits per heavy atom. The second-order valence-electron chi connectivity index (χ2n) is 6.16. The van der Waals surface area contributed by atoms with Crippen LogP contribution in [-0.2, 0) is 9.09 Å². The van der Waals surface area contributed by atoms with Gasteiger partial charge in [0.25, 0.3) is 0 Å². The van der Waals surface area contributed by atoms with Crippen molar-refractivity contribution in [3.63, 3.8) is 0 Å². The zero-order chi connectivity index (χ0) is 19.8. The summed E-state index contributed by atoms with van der Waals surface area (Å²) in [4.78, 5) is 0. The molecule has 0 radical (unpaired) electrons. The lowest BCUT2D eigenvalue weighted by Crippen LogP contribution is -2.11. The highest BCUT2D eigenvalue weighted by molar-refractivity contribution is 7.49. The predicted octanol–water partition coefficient (Wildman–Crippen LogP) is 5.96. The lowest BCUT2D eigenvalue weighted by Gasteiger charge is -2.21. The molecule has 0 saturated heterocycles.